The Hall–Kier alpha value is -3.72. The van der Waals surface area contributed by atoms with Crippen molar-refractivity contribution in [2.45, 2.75) is 78.0 Å². The van der Waals surface area contributed by atoms with E-state index in [9.17, 15) is 27.5 Å². The van der Waals surface area contributed by atoms with Crippen molar-refractivity contribution in [3.05, 3.63) is 94.4 Å². The van der Waals surface area contributed by atoms with Gasteiger partial charge in [-0.05, 0) is 103 Å². The largest absolute Gasteiger partial charge is 0.417 e. The van der Waals surface area contributed by atoms with Gasteiger partial charge in [0.1, 0.15) is 5.82 Å². The number of alkyl halides is 3. The predicted octanol–water partition coefficient (Wildman–Crippen LogP) is 7.76. The fraction of sp³-hybridized carbons (Fsp3) is 0.412. The van der Waals surface area contributed by atoms with E-state index in [1.165, 1.54) is 18.2 Å². The van der Waals surface area contributed by atoms with Gasteiger partial charge in [0.05, 0.1) is 17.4 Å². The van der Waals surface area contributed by atoms with Gasteiger partial charge in [0.2, 0.25) is 0 Å². The maximum atomic E-state index is 14.5. The summed E-state index contributed by atoms with van der Waals surface area (Å²) in [6, 6.07) is 14.8. The number of hydrogen-bond acceptors (Lipinski definition) is 3. The molecule has 0 saturated heterocycles. The highest BCUT2D eigenvalue weighted by atomic mass is 19.4. The smallest absolute Gasteiger partial charge is 0.380 e. The van der Waals surface area contributed by atoms with Crippen molar-refractivity contribution in [1.82, 2.24) is 15.1 Å². The van der Waals surface area contributed by atoms with Crippen LogP contribution in [0.5, 0.6) is 0 Å². The van der Waals surface area contributed by atoms with E-state index in [1.54, 1.807) is 49.8 Å². The fourth-order valence-corrected chi connectivity index (χ4v) is 5.77. The number of carbonyl (C=O) groups excluding carboxylic acids is 1. The third-order valence-electron chi connectivity index (χ3n) is 7.94. The minimum atomic E-state index is -4.91. The highest BCUT2D eigenvalue weighted by Crippen LogP contribution is 2.44. The lowest BCUT2D eigenvalue weighted by Crippen LogP contribution is -2.49. The number of nitrogens with zero attached hydrogens (tertiary/aromatic N) is 2. The number of rotatable bonds is 10. The average Bonchev–Trinajstić information content (AvgIpc) is 3.34. The zero-order chi connectivity index (χ0) is 31.7. The number of halogens is 4. The van der Waals surface area contributed by atoms with Crippen LogP contribution >= 0.6 is 0 Å². The number of hydrogen-bond donors (Lipinski definition) is 2. The molecule has 9 heteroatoms. The standard InChI is InChI=1S/C34H39F4N3O2/c1-21(2)18-39-31(42)25-8-7-9-27(16-25)41-30-15-22(3)14-24(28(30)19-40-41)12-13-33(43,34(36,37)38)20-32(5,6)29-17-26(35)11-10-23(29)4/h7-11,14-17,19,21,43H,12-13,18,20H2,1-6H3,(H,39,42). The summed E-state index contributed by atoms with van der Waals surface area (Å²) in [6.45, 7) is 11.3. The van der Waals surface area contributed by atoms with Crippen molar-refractivity contribution in [2.24, 2.45) is 5.92 Å². The Morgan fingerprint density at radius 3 is 2.44 bits per heavy atom. The average molecular weight is 598 g/mol. The highest BCUT2D eigenvalue weighted by Gasteiger charge is 2.55. The molecule has 0 aliphatic heterocycles. The first kappa shape index (κ1) is 32.2. The molecule has 230 valence electrons. The molecule has 0 bridgehead atoms. The Morgan fingerprint density at radius 1 is 1.05 bits per heavy atom. The van der Waals surface area contributed by atoms with Crippen molar-refractivity contribution >= 4 is 16.8 Å². The molecule has 4 aromatic rings. The van der Waals surface area contributed by atoms with Crippen LogP contribution in [0, 0.1) is 25.6 Å². The van der Waals surface area contributed by atoms with Crippen LogP contribution in [0.2, 0.25) is 0 Å². The van der Waals surface area contributed by atoms with Gasteiger partial charge in [0.25, 0.3) is 5.91 Å². The monoisotopic (exact) mass is 597 g/mol. The van der Waals surface area contributed by atoms with Crippen LogP contribution in [-0.4, -0.2) is 39.1 Å². The summed E-state index contributed by atoms with van der Waals surface area (Å²) < 4.78 is 59.1. The molecule has 1 unspecified atom stereocenters. The van der Waals surface area contributed by atoms with Gasteiger partial charge in [0.15, 0.2) is 5.60 Å². The first-order chi connectivity index (χ1) is 20.0. The van der Waals surface area contributed by atoms with Crippen LogP contribution < -0.4 is 5.32 Å². The lowest BCUT2D eigenvalue weighted by Gasteiger charge is -2.38. The summed E-state index contributed by atoms with van der Waals surface area (Å²) >= 11 is 0. The number of benzene rings is 3. The lowest BCUT2D eigenvalue weighted by atomic mass is 9.72. The number of amides is 1. The minimum absolute atomic E-state index is 0.0598. The van der Waals surface area contributed by atoms with E-state index in [-0.39, 0.29) is 12.3 Å². The molecule has 0 aliphatic rings. The van der Waals surface area contributed by atoms with E-state index >= 15 is 0 Å². The molecule has 1 aromatic heterocycles. The third kappa shape index (κ3) is 7.09. The second-order valence-electron chi connectivity index (χ2n) is 12.6. The molecule has 2 N–H and O–H groups in total. The van der Waals surface area contributed by atoms with E-state index in [0.29, 0.717) is 51.3 Å². The van der Waals surface area contributed by atoms with Gasteiger partial charge in [-0.25, -0.2) is 9.07 Å². The molecule has 5 nitrogen and oxygen atoms in total. The van der Waals surface area contributed by atoms with E-state index in [1.807, 2.05) is 39.0 Å². The molecule has 0 aliphatic carbocycles. The predicted molar refractivity (Wildman–Crippen MR) is 161 cm³/mol. The SMILES string of the molecule is Cc1cc(CCC(O)(CC(C)(C)c2cc(F)ccc2C)C(F)(F)F)c2cnn(-c3cccc(C(=O)NCC(C)C)c3)c2c1. The molecule has 1 atom stereocenters. The summed E-state index contributed by atoms with van der Waals surface area (Å²) in [7, 11) is 0. The summed E-state index contributed by atoms with van der Waals surface area (Å²) in [5.41, 5.74) is 0.148. The number of aliphatic hydroxyl groups is 1. The van der Waals surface area contributed by atoms with Crippen LogP contribution in [-0.2, 0) is 11.8 Å². The Balaban J connectivity index is 1.65. The van der Waals surface area contributed by atoms with Crippen LogP contribution in [0.25, 0.3) is 16.6 Å². The van der Waals surface area contributed by atoms with Crippen molar-refractivity contribution in [3.8, 4) is 5.69 Å². The Labute approximate surface area is 249 Å². The molecule has 4 rings (SSSR count). The quantitative estimate of drug-likeness (QED) is 0.184. The second kappa shape index (κ2) is 12.1. The molecular formula is C34H39F4N3O2. The summed E-state index contributed by atoms with van der Waals surface area (Å²) in [5.74, 6) is -0.438. The lowest BCUT2D eigenvalue weighted by molar-refractivity contribution is -0.269. The van der Waals surface area contributed by atoms with Gasteiger partial charge in [-0.3, -0.25) is 4.79 Å². The van der Waals surface area contributed by atoms with Gasteiger partial charge >= 0.3 is 6.18 Å². The van der Waals surface area contributed by atoms with Gasteiger partial charge < -0.3 is 10.4 Å². The number of carbonyl (C=O) groups is 1. The Morgan fingerprint density at radius 2 is 1.77 bits per heavy atom. The van der Waals surface area contributed by atoms with Gasteiger partial charge in [-0.15, -0.1) is 0 Å². The number of fused-ring (bicyclic) bond motifs is 1. The van der Waals surface area contributed by atoms with Gasteiger partial charge in [-0.2, -0.15) is 18.3 Å². The maximum Gasteiger partial charge on any atom is 0.417 e. The van der Waals surface area contributed by atoms with Crippen molar-refractivity contribution in [3.63, 3.8) is 0 Å². The highest BCUT2D eigenvalue weighted by molar-refractivity contribution is 5.95. The second-order valence-corrected chi connectivity index (χ2v) is 12.6. The van der Waals surface area contributed by atoms with Crippen LogP contribution in [0.3, 0.4) is 0 Å². The fourth-order valence-electron chi connectivity index (χ4n) is 5.77. The zero-order valence-electron chi connectivity index (χ0n) is 25.4. The number of aryl methyl sites for hydroxylation is 3. The van der Waals surface area contributed by atoms with Crippen LogP contribution in [0.15, 0.2) is 60.8 Å². The van der Waals surface area contributed by atoms with E-state index < -0.39 is 35.9 Å². The molecule has 1 amide bonds. The minimum Gasteiger partial charge on any atom is -0.380 e. The zero-order valence-corrected chi connectivity index (χ0v) is 25.4. The van der Waals surface area contributed by atoms with Crippen molar-refractivity contribution in [1.29, 1.82) is 0 Å². The van der Waals surface area contributed by atoms with E-state index in [4.69, 9.17) is 0 Å². The van der Waals surface area contributed by atoms with Crippen LogP contribution in [0.4, 0.5) is 17.6 Å². The van der Waals surface area contributed by atoms with E-state index in [2.05, 4.69) is 10.4 Å². The molecule has 1 heterocycles. The maximum absolute atomic E-state index is 14.5. The van der Waals surface area contributed by atoms with E-state index in [0.717, 1.165) is 5.56 Å². The molecule has 0 saturated carbocycles. The number of nitrogens with one attached hydrogen (secondary N) is 1. The van der Waals surface area contributed by atoms with Crippen LogP contribution in [0.1, 0.15) is 73.1 Å². The number of aromatic nitrogens is 2. The molecule has 43 heavy (non-hydrogen) atoms. The molecule has 0 spiro atoms. The van der Waals surface area contributed by atoms with Gasteiger partial charge in [-0.1, -0.05) is 45.9 Å². The topological polar surface area (TPSA) is 67.2 Å². The summed E-state index contributed by atoms with van der Waals surface area (Å²) in [5, 5.41) is 19.2. The molecular weight excluding hydrogens is 558 g/mol. The Kier molecular flexibility index (Phi) is 9.07. The first-order valence-electron chi connectivity index (χ1n) is 14.4. The third-order valence-corrected chi connectivity index (χ3v) is 7.94. The normalized spacial score (nSPS) is 13.9. The molecule has 3 aromatic carbocycles. The van der Waals surface area contributed by atoms with Crippen molar-refractivity contribution < 1.29 is 27.5 Å². The van der Waals surface area contributed by atoms with Crippen molar-refractivity contribution in [2.75, 3.05) is 6.54 Å². The van der Waals surface area contributed by atoms with Gasteiger partial charge in [0, 0.05) is 17.5 Å². The summed E-state index contributed by atoms with van der Waals surface area (Å²) in [6.07, 6.45) is -4.58. The molecule has 0 fully saturated rings. The first-order valence-corrected chi connectivity index (χ1v) is 14.4. The Bertz CT molecular complexity index is 1620. The summed E-state index contributed by atoms with van der Waals surface area (Å²) in [4.78, 5) is 12.7. The molecule has 0 radical (unpaired) electrons.